The maximum Gasteiger partial charge on any atom is 0.145 e. The van der Waals surface area contributed by atoms with Gasteiger partial charge in [0.2, 0.25) is 0 Å². The van der Waals surface area contributed by atoms with Crippen LogP contribution >= 0.6 is 0 Å². The van der Waals surface area contributed by atoms with Crippen molar-refractivity contribution in [2.75, 3.05) is 11.9 Å². The lowest BCUT2D eigenvalue weighted by Crippen LogP contribution is -2.41. The molecule has 7 heteroatoms. The number of imidazole rings is 1. The summed E-state index contributed by atoms with van der Waals surface area (Å²) in [7, 11) is 0. The minimum Gasteiger partial charge on any atom is -0.364 e. The van der Waals surface area contributed by atoms with Gasteiger partial charge in [-0.05, 0) is 37.4 Å². The standard InChI is InChI=1S/C18H17N7/c19-6-11-1-2-25-16(9-22-18(25)5-11)15-8-20-10-17(24-15)23-14-4-12-3-13(14)21-7-12/h1-2,5,8-10,12-14,21H,3-4,7H2,(H,23,24)/t12-,13+,14-/m1/s1. The van der Waals surface area contributed by atoms with E-state index in [1.807, 2.05) is 10.6 Å². The number of fused-ring (bicyclic) bond motifs is 3. The zero-order chi connectivity index (χ0) is 16.8. The van der Waals surface area contributed by atoms with Crippen molar-refractivity contribution in [3.8, 4) is 17.5 Å². The number of nitrogens with one attached hydrogen (secondary N) is 2. The zero-order valence-electron chi connectivity index (χ0n) is 13.6. The lowest BCUT2D eigenvalue weighted by Gasteiger charge is -2.24. The molecule has 7 nitrogen and oxygen atoms in total. The summed E-state index contributed by atoms with van der Waals surface area (Å²) in [6.07, 6.45) is 9.56. The fourth-order valence-electron chi connectivity index (χ4n) is 4.00. The predicted molar refractivity (Wildman–Crippen MR) is 92.9 cm³/mol. The van der Waals surface area contributed by atoms with Crippen LogP contribution in [-0.2, 0) is 0 Å². The van der Waals surface area contributed by atoms with Gasteiger partial charge in [-0.25, -0.2) is 9.97 Å². The molecule has 124 valence electrons. The normalized spacial score (nSPS) is 24.5. The SMILES string of the molecule is N#Cc1ccn2c(-c3cncc(N[C@@H]4C[C@@H]5CN[C@H]4C5)n3)cnc2c1. The Kier molecular flexibility index (Phi) is 3.18. The van der Waals surface area contributed by atoms with Gasteiger partial charge in [0.1, 0.15) is 17.2 Å². The third-order valence-electron chi connectivity index (χ3n) is 5.20. The van der Waals surface area contributed by atoms with Crippen molar-refractivity contribution >= 4 is 11.5 Å². The minimum atomic E-state index is 0.420. The maximum absolute atomic E-state index is 9.02. The van der Waals surface area contributed by atoms with E-state index in [9.17, 15) is 0 Å². The number of nitrogens with zero attached hydrogens (tertiary/aromatic N) is 5. The third kappa shape index (κ3) is 2.42. The highest BCUT2D eigenvalue weighted by atomic mass is 15.1. The summed E-state index contributed by atoms with van der Waals surface area (Å²) in [5.74, 6) is 1.58. The summed E-state index contributed by atoms with van der Waals surface area (Å²) >= 11 is 0. The summed E-state index contributed by atoms with van der Waals surface area (Å²) in [6.45, 7) is 1.14. The lowest BCUT2D eigenvalue weighted by atomic mass is 10.1. The maximum atomic E-state index is 9.02. The molecule has 0 spiro atoms. The fraction of sp³-hybridized carbons (Fsp3) is 0.333. The number of aromatic nitrogens is 4. The van der Waals surface area contributed by atoms with Crippen molar-refractivity contribution in [1.82, 2.24) is 24.7 Å². The van der Waals surface area contributed by atoms with E-state index >= 15 is 0 Å². The largest absolute Gasteiger partial charge is 0.364 e. The Balaban J connectivity index is 1.46. The van der Waals surface area contributed by atoms with Gasteiger partial charge in [0.05, 0.1) is 35.9 Å². The molecule has 2 N–H and O–H groups in total. The van der Waals surface area contributed by atoms with Gasteiger partial charge in [0, 0.05) is 18.3 Å². The van der Waals surface area contributed by atoms with E-state index in [0.29, 0.717) is 17.6 Å². The second-order valence-electron chi connectivity index (χ2n) is 6.79. The van der Waals surface area contributed by atoms with Gasteiger partial charge in [-0.2, -0.15) is 5.26 Å². The van der Waals surface area contributed by atoms with Gasteiger partial charge in [-0.1, -0.05) is 0 Å². The number of hydrogen-bond acceptors (Lipinski definition) is 6. The quantitative estimate of drug-likeness (QED) is 0.761. The molecule has 2 aliphatic rings. The Bertz CT molecular complexity index is 986. The Morgan fingerprint density at radius 1 is 1.28 bits per heavy atom. The average molecular weight is 331 g/mol. The lowest BCUT2D eigenvalue weighted by molar-refractivity contribution is 0.465. The highest BCUT2D eigenvalue weighted by Gasteiger charge is 2.39. The summed E-state index contributed by atoms with van der Waals surface area (Å²) in [5, 5.41) is 16.1. The monoisotopic (exact) mass is 331 g/mol. The van der Waals surface area contributed by atoms with Gasteiger partial charge in [0.25, 0.3) is 0 Å². The molecule has 2 bridgehead atoms. The molecule has 1 aliphatic heterocycles. The Labute approximate surface area is 144 Å². The summed E-state index contributed by atoms with van der Waals surface area (Å²) < 4.78 is 1.92. The van der Waals surface area contributed by atoms with Crippen LogP contribution in [0.2, 0.25) is 0 Å². The van der Waals surface area contributed by atoms with Crippen molar-refractivity contribution in [2.24, 2.45) is 5.92 Å². The Hall–Kier alpha value is -2.98. The van der Waals surface area contributed by atoms with Crippen LogP contribution in [0.3, 0.4) is 0 Å². The first-order chi connectivity index (χ1) is 12.3. The molecule has 0 amide bonds. The van der Waals surface area contributed by atoms with Crippen LogP contribution in [0.4, 0.5) is 5.82 Å². The molecule has 0 aromatic carbocycles. The van der Waals surface area contributed by atoms with Crippen molar-refractivity contribution < 1.29 is 0 Å². The highest BCUT2D eigenvalue weighted by molar-refractivity contribution is 5.62. The molecule has 0 unspecified atom stereocenters. The molecule has 3 aromatic rings. The van der Waals surface area contributed by atoms with Gasteiger partial charge >= 0.3 is 0 Å². The number of nitriles is 1. The summed E-state index contributed by atoms with van der Waals surface area (Å²) in [5.41, 5.74) is 2.95. The van der Waals surface area contributed by atoms with Crippen LogP contribution in [0.25, 0.3) is 17.0 Å². The molecule has 4 heterocycles. The van der Waals surface area contributed by atoms with E-state index in [2.05, 4.69) is 26.7 Å². The van der Waals surface area contributed by atoms with Crippen LogP contribution in [0.15, 0.2) is 36.9 Å². The first-order valence-corrected chi connectivity index (χ1v) is 8.50. The topological polar surface area (TPSA) is 90.9 Å². The molecular weight excluding hydrogens is 314 g/mol. The molecule has 1 aliphatic carbocycles. The number of anilines is 1. The second kappa shape index (κ2) is 5.53. The number of rotatable bonds is 3. The van der Waals surface area contributed by atoms with Crippen LogP contribution in [-0.4, -0.2) is 38.0 Å². The van der Waals surface area contributed by atoms with Crippen molar-refractivity contribution in [1.29, 1.82) is 5.26 Å². The van der Waals surface area contributed by atoms with Crippen molar-refractivity contribution in [3.63, 3.8) is 0 Å². The molecular formula is C18H17N7. The molecule has 2 fully saturated rings. The predicted octanol–water partition coefficient (Wildman–Crippen LogP) is 1.83. The summed E-state index contributed by atoms with van der Waals surface area (Å²) in [4.78, 5) is 13.5. The van der Waals surface area contributed by atoms with E-state index in [1.165, 1.54) is 12.8 Å². The van der Waals surface area contributed by atoms with Gasteiger partial charge in [-0.3, -0.25) is 9.38 Å². The van der Waals surface area contributed by atoms with E-state index in [-0.39, 0.29) is 0 Å². The average Bonchev–Trinajstić information content (AvgIpc) is 3.36. The smallest absolute Gasteiger partial charge is 0.145 e. The van der Waals surface area contributed by atoms with Gasteiger partial charge < -0.3 is 10.6 Å². The molecule has 5 rings (SSSR count). The number of pyridine rings is 1. The second-order valence-corrected chi connectivity index (χ2v) is 6.79. The van der Waals surface area contributed by atoms with Crippen molar-refractivity contribution in [3.05, 3.63) is 42.5 Å². The van der Waals surface area contributed by atoms with E-state index in [4.69, 9.17) is 10.2 Å². The molecule has 3 atom stereocenters. The minimum absolute atomic E-state index is 0.420. The van der Waals surface area contributed by atoms with Crippen LogP contribution in [0.1, 0.15) is 18.4 Å². The summed E-state index contributed by atoms with van der Waals surface area (Å²) in [6, 6.07) is 6.63. The van der Waals surface area contributed by atoms with Crippen LogP contribution in [0, 0.1) is 17.2 Å². The first-order valence-electron chi connectivity index (χ1n) is 8.50. The Morgan fingerprint density at radius 2 is 2.24 bits per heavy atom. The van der Waals surface area contributed by atoms with Crippen molar-refractivity contribution in [2.45, 2.75) is 24.9 Å². The Morgan fingerprint density at radius 3 is 3.04 bits per heavy atom. The van der Waals surface area contributed by atoms with Crippen LogP contribution < -0.4 is 10.6 Å². The van der Waals surface area contributed by atoms with E-state index in [1.54, 1.807) is 30.7 Å². The first kappa shape index (κ1) is 14.4. The number of hydrogen-bond donors (Lipinski definition) is 2. The van der Waals surface area contributed by atoms with Gasteiger partial charge in [0.15, 0.2) is 0 Å². The molecule has 3 aromatic heterocycles. The van der Waals surface area contributed by atoms with Gasteiger partial charge in [-0.15, -0.1) is 0 Å². The van der Waals surface area contributed by atoms with E-state index in [0.717, 1.165) is 35.3 Å². The van der Waals surface area contributed by atoms with Crippen LogP contribution in [0.5, 0.6) is 0 Å². The molecule has 1 saturated carbocycles. The molecule has 0 radical (unpaired) electrons. The highest BCUT2D eigenvalue weighted by Crippen LogP contribution is 2.33. The van der Waals surface area contributed by atoms with E-state index < -0.39 is 0 Å². The molecule has 25 heavy (non-hydrogen) atoms. The molecule has 1 saturated heterocycles. The third-order valence-corrected chi connectivity index (χ3v) is 5.20. The zero-order valence-corrected chi connectivity index (χ0v) is 13.6. The number of piperidine rings is 1. The fourth-order valence-corrected chi connectivity index (χ4v) is 4.00.